The van der Waals surface area contributed by atoms with Gasteiger partial charge in [-0.25, -0.2) is 0 Å². The van der Waals surface area contributed by atoms with Gasteiger partial charge in [-0.3, -0.25) is 0 Å². The Kier molecular flexibility index (Phi) is 2.80. The lowest BCUT2D eigenvalue weighted by atomic mass is 10.2. The monoisotopic (exact) mass is 276 g/mol. The van der Waals surface area contributed by atoms with Crippen molar-refractivity contribution in [2.24, 2.45) is 0 Å². The van der Waals surface area contributed by atoms with Crippen molar-refractivity contribution < 1.29 is 0 Å². The third-order valence-corrected chi connectivity index (χ3v) is 2.58. The van der Waals surface area contributed by atoms with Gasteiger partial charge in [0.15, 0.2) is 2.88 Å². The zero-order valence-electron chi connectivity index (χ0n) is 5.72. The van der Waals surface area contributed by atoms with E-state index in [9.17, 15) is 0 Å². The summed E-state index contributed by atoms with van der Waals surface area (Å²) >= 11 is 8.03. The molecule has 1 aromatic rings. The maximum Gasteiger partial charge on any atom is 0.180 e. The van der Waals surface area contributed by atoms with E-state index in [2.05, 4.69) is 5.92 Å². The summed E-state index contributed by atoms with van der Waals surface area (Å²) < 4.78 is -0.695. The quantitative estimate of drug-likeness (QED) is 0.420. The van der Waals surface area contributed by atoms with Crippen molar-refractivity contribution in [3.63, 3.8) is 0 Å². The Morgan fingerprint density at radius 3 is 2.36 bits per heavy atom. The van der Waals surface area contributed by atoms with E-state index in [-0.39, 0.29) is 0 Å². The molecule has 0 fully saturated rings. The van der Waals surface area contributed by atoms with Gasteiger partial charge in [0, 0.05) is 0 Å². The minimum atomic E-state index is -0.695. The van der Waals surface area contributed by atoms with Crippen molar-refractivity contribution in [1.29, 1.82) is 0 Å². The molecule has 0 aromatic heterocycles. The molecule has 1 aromatic carbocycles. The van der Waals surface area contributed by atoms with Gasteiger partial charge >= 0.3 is 0 Å². The van der Waals surface area contributed by atoms with Gasteiger partial charge < -0.3 is 0 Å². The Balaban J connectivity index is 3.05. The fraction of sp³-hybridized carbons (Fsp3) is 0.111. The summed E-state index contributed by atoms with van der Waals surface area (Å²) in [5.74, 6) is 2.51. The predicted molar refractivity (Wildman–Crippen MR) is 56.8 cm³/mol. The molecule has 1 unspecified atom stereocenters. The molecular formula is C9H6ClI. The van der Waals surface area contributed by atoms with Crippen LogP contribution in [0.4, 0.5) is 0 Å². The molecule has 0 spiro atoms. The van der Waals surface area contributed by atoms with E-state index in [1.54, 1.807) is 0 Å². The lowest BCUT2D eigenvalue weighted by Gasteiger charge is -2.11. The van der Waals surface area contributed by atoms with Crippen molar-refractivity contribution in [2.45, 2.75) is 2.88 Å². The first kappa shape index (κ1) is 8.89. The van der Waals surface area contributed by atoms with E-state index in [1.807, 2.05) is 52.9 Å². The number of hydrogen-bond acceptors (Lipinski definition) is 0. The molecule has 11 heavy (non-hydrogen) atoms. The minimum Gasteiger partial charge on any atom is -0.117 e. The molecule has 2 heteroatoms. The summed E-state index contributed by atoms with van der Waals surface area (Å²) in [5, 5.41) is 0. The van der Waals surface area contributed by atoms with Crippen LogP contribution in [0.2, 0.25) is 0 Å². The van der Waals surface area contributed by atoms with Gasteiger partial charge in [0.2, 0.25) is 0 Å². The van der Waals surface area contributed by atoms with Crippen LogP contribution in [0, 0.1) is 12.3 Å². The fourth-order valence-electron chi connectivity index (χ4n) is 0.731. The fourth-order valence-corrected chi connectivity index (χ4v) is 1.22. The molecule has 1 atom stereocenters. The Labute approximate surface area is 85.1 Å². The second-order valence-electron chi connectivity index (χ2n) is 2.08. The number of alkyl halides is 2. The molecule has 0 N–H and O–H groups in total. The Morgan fingerprint density at radius 2 is 1.91 bits per heavy atom. The van der Waals surface area contributed by atoms with Crippen LogP contribution in [0.3, 0.4) is 0 Å². The topological polar surface area (TPSA) is 0 Å². The molecule has 0 saturated carbocycles. The van der Waals surface area contributed by atoms with E-state index >= 15 is 0 Å². The summed E-state index contributed by atoms with van der Waals surface area (Å²) in [7, 11) is 0. The largest absolute Gasteiger partial charge is 0.180 e. The number of benzene rings is 1. The molecule has 0 amide bonds. The lowest BCUT2D eigenvalue weighted by molar-refractivity contribution is 1.22. The highest BCUT2D eigenvalue weighted by Gasteiger charge is 2.21. The van der Waals surface area contributed by atoms with Crippen LogP contribution in [-0.4, -0.2) is 0 Å². The number of halogens is 2. The maximum absolute atomic E-state index is 6.00. The molecule has 1 rings (SSSR count). The summed E-state index contributed by atoms with van der Waals surface area (Å²) in [6.07, 6.45) is 5.25. The van der Waals surface area contributed by atoms with Gasteiger partial charge in [-0.05, 0) is 28.2 Å². The van der Waals surface area contributed by atoms with Gasteiger partial charge in [0.1, 0.15) is 0 Å². The first-order chi connectivity index (χ1) is 5.17. The third-order valence-electron chi connectivity index (χ3n) is 1.32. The SMILES string of the molecule is C#CC(Cl)(I)c1ccccc1. The van der Waals surface area contributed by atoms with Crippen LogP contribution >= 0.6 is 34.2 Å². The van der Waals surface area contributed by atoms with Crippen LogP contribution < -0.4 is 0 Å². The highest BCUT2D eigenvalue weighted by atomic mass is 127. The summed E-state index contributed by atoms with van der Waals surface area (Å²) in [6.45, 7) is 0. The smallest absolute Gasteiger partial charge is 0.117 e. The highest BCUT2D eigenvalue weighted by Crippen LogP contribution is 2.35. The van der Waals surface area contributed by atoms with Crippen LogP contribution in [0.15, 0.2) is 30.3 Å². The van der Waals surface area contributed by atoms with Crippen molar-refractivity contribution in [2.75, 3.05) is 0 Å². The molecule has 0 radical (unpaired) electrons. The van der Waals surface area contributed by atoms with Crippen molar-refractivity contribution >= 4 is 34.2 Å². The van der Waals surface area contributed by atoms with E-state index in [4.69, 9.17) is 18.0 Å². The zero-order valence-corrected chi connectivity index (χ0v) is 8.63. The van der Waals surface area contributed by atoms with Crippen LogP contribution in [0.1, 0.15) is 5.56 Å². The van der Waals surface area contributed by atoms with E-state index in [0.717, 1.165) is 5.56 Å². The predicted octanol–water partition coefficient (Wildman–Crippen LogP) is 3.15. The van der Waals surface area contributed by atoms with E-state index < -0.39 is 2.88 Å². The van der Waals surface area contributed by atoms with Crippen molar-refractivity contribution in [1.82, 2.24) is 0 Å². The first-order valence-corrected chi connectivity index (χ1v) is 4.53. The van der Waals surface area contributed by atoms with Crippen molar-refractivity contribution in [3.8, 4) is 12.3 Å². The van der Waals surface area contributed by atoms with E-state index in [1.165, 1.54) is 0 Å². The summed E-state index contributed by atoms with van der Waals surface area (Å²) in [4.78, 5) is 0. The highest BCUT2D eigenvalue weighted by molar-refractivity contribution is 14.1. The molecule has 0 aliphatic rings. The van der Waals surface area contributed by atoms with Gasteiger partial charge in [0.25, 0.3) is 0 Å². The van der Waals surface area contributed by atoms with Gasteiger partial charge in [0.05, 0.1) is 0 Å². The lowest BCUT2D eigenvalue weighted by Crippen LogP contribution is -2.04. The van der Waals surface area contributed by atoms with Crippen molar-refractivity contribution in [3.05, 3.63) is 35.9 Å². The average Bonchev–Trinajstić information content (AvgIpc) is 2.06. The molecule has 0 heterocycles. The normalized spacial score (nSPS) is 15.0. The Hall–Kier alpha value is -0.200. The molecule has 0 saturated heterocycles. The second-order valence-corrected chi connectivity index (χ2v) is 4.91. The molecule has 56 valence electrons. The van der Waals surface area contributed by atoms with Crippen LogP contribution in [-0.2, 0) is 2.88 Å². The molecule has 0 bridgehead atoms. The number of terminal acetylenes is 1. The first-order valence-electron chi connectivity index (χ1n) is 3.08. The number of hydrogen-bond donors (Lipinski definition) is 0. The molecule has 0 nitrogen and oxygen atoms in total. The average molecular weight is 277 g/mol. The molecular weight excluding hydrogens is 270 g/mol. The van der Waals surface area contributed by atoms with Crippen LogP contribution in [0.5, 0.6) is 0 Å². The molecule has 0 aliphatic carbocycles. The van der Waals surface area contributed by atoms with Gasteiger partial charge in [-0.1, -0.05) is 47.9 Å². The summed E-state index contributed by atoms with van der Waals surface area (Å²) in [6, 6.07) is 9.60. The standard InChI is InChI=1S/C9H6ClI/c1-2-9(10,11)8-6-4-3-5-7-8/h1,3-7H. The number of rotatable bonds is 1. The Bertz CT molecular complexity index is 271. The maximum atomic E-state index is 6.00. The third kappa shape index (κ3) is 2.11. The summed E-state index contributed by atoms with van der Waals surface area (Å²) in [5.41, 5.74) is 0.949. The minimum absolute atomic E-state index is 0.695. The molecule has 0 aliphatic heterocycles. The van der Waals surface area contributed by atoms with Gasteiger partial charge in [-0.2, -0.15) is 0 Å². The second kappa shape index (κ2) is 3.46. The van der Waals surface area contributed by atoms with E-state index in [0.29, 0.717) is 0 Å². The zero-order chi connectivity index (χ0) is 8.32. The Morgan fingerprint density at radius 1 is 1.36 bits per heavy atom. The van der Waals surface area contributed by atoms with Crippen LogP contribution in [0.25, 0.3) is 0 Å². The van der Waals surface area contributed by atoms with Gasteiger partial charge in [-0.15, -0.1) is 6.42 Å².